The summed E-state index contributed by atoms with van der Waals surface area (Å²) in [6.07, 6.45) is 0. The van der Waals surface area contributed by atoms with Gasteiger partial charge in [0.15, 0.2) is 0 Å². The largest absolute Gasteiger partial charge is 0.309 e. The monoisotopic (exact) mass is 261 g/mol. The average Bonchev–Trinajstić information content (AvgIpc) is 2.27. The van der Waals surface area contributed by atoms with Crippen LogP contribution in [0.1, 0.15) is 28.3 Å². The molecule has 2 aromatic rings. The van der Waals surface area contributed by atoms with E-state index in [-0.39, 0.29) is 17.7 Å². The van der Waals surface area contributed by atoms with Crippen molar-refractivity contribution in [2.45, 2.75) is 19.9 Å². The molecule has 0 radical (unpaired) electrons. The van der Waals surface area contributed by atoms with Crippen LogP contribution in [0.3, 0.4) is 0 Å². The van der Waals surface area contributed by atoms with Crippen LogP contribution in [0.4, 0.5) is 8.78 Å². The minimum atomic E-state index is -0.275. The second-order valence-corrected chi connectivity index (χ2v) is 4.85. The first-order chi connectivity index (χ1) is 8.99. The van der Waals surface area contributed by atoms with Crippen LogP contribution in [-0.4, -0.2) is 7.05 Å². The number of hydrogen-bond donors (Lipinski definition) is 1. The fraction of sp³-hybridized carbons (Fsp3) is 0.250. The maximum Gasteiger partial charge on any atom is 0.123 e. The van der Waals surface area contributed by atoms with Gasteiger partial charge in [0.1, 0.15) is 11.6 Å². The Balaban J connectivity index is 2.49. The number of aryl methyl sites for hydroxylation is 2. The van der Waals surface area contributed by atoms with Crippen LogP contribution in [0.5, 0.6) is 0 Å². The fourth-order valence-electron chi connectivity index (χ4n) is 2.39. The predicted molar refractivity (Wildman–Crippen MR) is 73.2 cm³/mol. The van der Waals surface area contributed by atoms with Gasteiger partial charge in [0.2, 0.25) is 0 Å². The molecule has 0 aromatic heterocycles. The predicted octanol–water partition coefficient (Wildman–Crippen LogP) is 3.89. The van der Waals surface area contributed by atoms with Crippen molar-refractivity contribution in [3.8, 4) is 0 Å². The molecule has 0 heterocycles. The molecule has 0 spiro atoms. The second-order valence-electron chi connectivity index (χ2n) is 4.85. The fourth-order valence-corrected chi connectivity index (χ4v) is 2.39. The molecule has 2 aromatic carbocycles. The molecular formula is C16H17F2N. The molecule has 0 fully saturated rings. The van der Waals surface area contributed by atoms with E-state index in [2.05, 4.69) is 5.32 Å². The third-order valence-electron chi connectivity index (χ3n) is 3.08. The summed E-state index contributed by atoms with van der Waals surface area (Å²) in [5, 5.41) is 3.11. The van der Waals surface area contributed by atoms with Gasteiger partial charge in [0.05, 0.1) is 6.04 Å². The molecule has 1 N–H and O–H groups in total. The number of hydrogen-bond acceptors (Lipinski definition) is 1. The van der Waals surface area contributed by atoms with Crippen molar-refractivity contribution in [1.29, 1.82) is 0 Å². The number of benzene rings is 2. The molecule has 0 saturated heterocycles. The van der Waals surface area contributed by atoms with Gasteiger partial charge in [-0.3, -0.25) is 0 Å². The zero-order chi connectivity index (χ0) is 14.0. The summed E-state index contributed by atoms with van der Waals surface area (Å²) >= 11 is 0. The van der Waals surface area contributed by atoms with E-state index in [0.29, 0.717) is 0 Å². The molecular weight excluding hydrogens is 244 g/mol. The maximum absolute atomic E-state index is 13.5. The lowest BCUT2D eigenvalue weighted by Crippen LogP contribution is -2.18. The van der Waals surface area contributed by atoms with E-state index in [4.69, 9.17) is 0 Å². The lowest BCUT2D eigenvalue weighted by molar-refractivity contribution is 0.606. The first kappa shape index (κ1) is 13.7. The molecule has 1 nitrogen and oxygen atoms in total. The molecule has 0 aliphatic heterocycles. The Morgan fingerprint density at radius 3 is 1.53 bits per heavy atom. The van der Waals surface area contributed by atoms with Crippen molar-refractivity contribution in [3.05, 3.63) is 70.3 Å². The van der Waals surface area contributed by atoms with Crippen molar-refractivity contribution in [2.75, 3.05) is 7.05 Å². The van der Waals surface area contributed by atoms with E-state index < -0.39 is 0 Å². The molecule has 0 aliphatic carbocycles. The van der Waals surface area contributed by atoms with Gasteiger partial charge >= 0.3 is 0 Å². The van der Waals surface area contributed by atoms with Gasteiger partial charge in [-0.25, -0.2) is 8.78 Å². The summed E-state index contributed by atoms with van der Waals surface area (Å²) in [7, 11) is 1.78. The van der Waals surface area contributed by atoms with Crippen LogP contribution in [0, 0.1) is 25.5 Å². The number of halogens is 2. The Bertz CT molecular complexity index is 501. The standard InChI is InChI=1S/C16H17F2N/c1-10-4-12(8-14(17)6-10)16(19-3)13-5-11(2)7-15(18)9-13/h4-9,16,19H,1-3H3. The topological polar surface area (TPSA) is 12.0 Å². The van der Waals surface area contributed by atoms with Crippen LogP contribution in [0.25, 0.3) is 0 Å². The molecule has 2 rings (SSSR count). The molecule has 0 bridgehead atoms. The van der Waals surface area contributed by atoms with Gasteiger partial charge in [0, 0.05) is 0 Å². The minimum Gasteiger partial charge on any atom is -0.309 e. The lowest BCUT2D eigenvalue weighted by atomic mass is 9.96. The van der Waals surface area contributed by atoms with Gasteiger partial charge in [-0.15, -0.1) is 0 Å². The van der Waals surface area contributed by atoms with Crippen molar-refractivity contribution in [2.24, 2.45) is 0 Å². The summed E-state index contributed by atoms with van der Waals surface area (Å²) in [5.41, 5.74) is 3.29. The van der Waals surface area contributed by atoms with Gasteiger partial charge in [-0.1, -0.05) is 12.1 Å². The number of nitrogens with one attached hydrogen (secondary N) is 1. The highest BCUT2D eigenvalue weighted by Crippen LogP contribution is 2.25. The van der Waals surface area contributed by atoms with Crippen molar-refractivity contribution >= 4 is 0 Å². The Kier molecular flexibility index (Phi) is 3.96. The van der Waals surface area contributed by atoms with Gasteiger partial charge < -0.3 is 5.32 Å². The Hall–Kier alpha value is -1.74. The highest BCUT2D eigenvalue weighted by molar-refractivity contribution is 5.36. The van der Waals surface area contributed by atoms with Crippen molar-refractivity contribution < 1.29 is 8.78 Å². The third-order valence-corrected chi connectivity index (χ3v) is 3.08. The van der Waals surface area contributed by atoms with Gasteiger partial charge in [-0.05, 0) is 67.4 Å². The molecule has 100 valence electrons. The maximum atomic E-state index is 13.5. The van der Waals surface area contributed by atoms with Crippen molar-refractivity contribution in [1.82, 2.24) is 5.32 Å². The zero-order valence-electron chi connectivity index (χ0n) is 11.3. The highest BCUT2D eigenvalue weighted by Gasteiger charge is 2.14. The lowest BCUT2D eigenvalue weighted by Gasteiger charge is -2.18. The van der Waals surface area contributed by atoms with E-state index in [0.717, 1.165) is 22.3 Å². The average molecular weight is 261 g/mol. The minimum absolute atomic E-state index is 0.219. The normalized spacial score (nSPS) is 11.1. The van der Waals surface area contributed by atoms with Crippen LogP contribution in [0.15, 0.2) is 36.4 Å². The first-order valence-electron chi connectivity index (χ1n) is 6.21. The quantitative estimate of drug-likeness (QED) is 0.883. The summed E-state index contributed by atoms with van der Waals surface area (Å²) in [5.74, 6) is -0.549. The second kappa shape index (κ2) is 5.49. The van der Waals surface area contributed by atoms with Crippen LogP contribution < -0.4 is 5.32 Å². The van der Waals surface area contributed by atoms with Crippen molar-refractivity contribution in [3.63, 3.8) is 0 Å². The number of rotatable bonds is 3. The molecule has 0 saturated carbocycles. The molecule has 0 amide bonds. The first-order valence-corrected chi connectivity index (χ1v) is 6.21. The Morgan fingerprint density at radius 1 is 0.789 bits per heavy atom. The molecule has 0 atom stereocenters. The van der Waals surface area contributed by atoms with E-state index in [1.807, 2.05) is 26.0 Å². The molecule has 0 aliphatic rings. The Morgan fingerprint density at radius 2 is 1.21 bits per heavy atom. The van der Waals surface area contributed by atoms with E-state index in [1.165, 1.54) is 24.3 Å². The van der Waals surface area contributed by atoms with Gasteiger partial charge in [-0.2, -0.15) is 0 Å². The van der Waals surface area contributed by atoms with Crippen LogP contribution >= 0.6 is 0 Å². The highest BCUT2D eigenvalue weighted by atomic mass is 19.1. The smallest absolute Gasteiger partial charge is 0.123 e. The van der Waals surface area contributed by atoms with E-state index in [9.17, 15) is 8.78 Å². The molecule has 3 heteroatoms. The Labute approximate surface area is 112 Å². The molecule has 0 unspecified atom stereocenters. The summed E-state index contributed by atoms with van der Waals surface area (Å²) in [4.78, 5) is 0. The summed E-state index contributed by atoms with van der Waals surface area (Å²) < 4.78 is 27.0. The van der Waals surface area contributed by atoms with Crippen LogP contribution in [-0.2, 0) is 0 Å². The van der Waals surface area contributed by atoms with E-state index >= 15 is 0 Å². The third kappa shape index (κ3) is 3.18. The van der Waals surface area contributed by atoms with Gasteiger partial charge in [0.25, 0.3) is 0 Å². The summed E-state index contributed by atoms with van der Waals surface area (Å²) in [6.45, 7) is 3.69. The summed E-state index contributed by atoms with van der Waals surface area (Å²) in [6, 6.07) is 9.52. The van der Waals surface area contributed by atoms with Crippen LogP contribution in [0.2, 0.25) is 0 Å². The van der Waals surface area contributed by atoms with E-state index in [1.54, 1.807) is 7.05 Å². The SMILES string of the molecule is CNC(c1cc(C)cc(F)c1)c1cc(C)cc(F)c1. The zero-order valence-corrected chi connectivity index (χ0v) is 11.3. The molecule has 19 heavy (non-hydrogen) atoms.